The van der Waals surface area contributed by atoms with E-state index in [1.54, 1.807) is 11.9 Å². The zero-order valence-electron chi connectivity index (χ0n) is 15.5. The van der Waals surface area contributed by atoms with E-state index in [9.17, 15) is 14.4 Å². The topological polar surface area (TPSA) is 69.7 Å². The van der Waals surface area contributed by atoms with E-state index in [1.807, 2.05) is 45.0 Å². The molecule has 0 aromatic heterocycles. The number of amides is 3. The van der Waals surface area contributed by atoms with E-state index in [1.165, 1.54) is 4.90 Å². The van der Waals surface area contributed by atoms with Crippen LogP contribution in [0.25, 0.3) is 0 Å². The molecule has 3 amide bonds. The van der Waals surface area contributed by atoms with Gasteiger partial charge in [0, 0.05) is 31.2 Å². The summed E-state index contributed by atoms with van der Waals surface area (Å²) >= 11 is 0. The molecule has 0 atom stereocenters. The maximum atomic E-state index is 12.3. The summed E-state index contributed by atoms with van der Waals surface area (Å²) in [6, 6.07) is 7.47. The van der Waals surface area contributed by atoms with Crippen LogP contribution in [0.2, 0.25) is 0 Å². The molecule has 0 saturated carbocycles. The van der Waals surface area contributed by atoms with E-state index in [0.717, 1.165) is 24.2 Å². The summed E-state index contributed by atoms with van der Waals surface area (Å²) in [5.74, 6) is -0.145. The lowest BCUT2D eigenvalue weighted by Gasteiger charge is -2.23. The predicted molar refractivity (Wildman–Crippen MR) is 97.3 cm³/mol. The first kappa shape index (κ1) is 19.0. The van der Waals surface area contributed by atoms with Crippen LogP contribution < -0.4 is 10.2 Å². The molecule has 1 saturated heterocycles. The summed E-state index contributed by atoms with van der Waals surface area (Å²) in [7, 11) is 1.63. The van der Waals surface area contributed by atoms with Gasteiger partial charge in [0.05, 0.1) is 13.0 Å². The minimum atomic E-state index is -0.316. The highest BCUT2D eigenvalue weighted by Gasteiger charge is 2.22. The van der Waals surface area contributed by atoms with Crippen LogP contribution in [0.4, 0.5) is 5.69 Å². The maximum absolute atomic E-state index is 12.3. The Bertz CT molecular complexity index is 647. The highest BCUT2D eigenvalue weighted by molar-refractivity contribution is 5.95. The Morgan fingerprint density at radius 1 is 1.20 bits per heavy atom. The van der Waals surface area contributed by atoms with E-state index < -0.39 is 0 Å². The first-order valence-corrected chi connectivity index (χ1v) is 8.60. The molecule has 25 heavy (non-hydrogen) atoms. The summed E-state index contributed by atoms with van der Waals surface area (Å²) < 4.78 is 0. The van der Waals surface area contributed by atoms with Gasteiger partial charge in [0.1, 0.15) is 0 Å². The van der Waals surface area contributed by atoms with Crippen molar-refractivity contribution in [2.24, 2.45) is 0 Å². The summed E-state index contributed by atoms with van der Waals surface area (Å²) in [5, 5.41) is 2.84. The molecule has 136 valence electrons. The third-order valence-electron chi connectivity index (χ3n) is 4.00. The van der Waals surface area contributed by atoms with Gasteiger partial charge in [-0.05, 0) is 44.9 Å². The number of rotatable bonds is 5. The first-order valence-electron chi connectivity index (χ1n) is 8.60. The second-order valence-electron chi connectivity index (χ2n) is 7.54. The number of likely N-dealkylation sites (N-methyl/N-ethyl adjacent to an activating group) is 1. The normalized spacial score (nSPS) is 14.6. The molecule has 1 aliphatic heterocycles. The van der Waals surface area contributed by atoms with Crippen molar-refractivity contribution in [1.29, 1.82) is 0 Å². The Kier molecular flexibility index (Phi) is 5.82. The summed E-state index contributed by atoms with van der Waals surface area (Å²) in [6.07, 6.45) is 1.72. The minimum Gasteiger partial charge on any atom is -0.350 e. The van der Waals surface area contributed by atoms with Gasteiger partial charge in [-0.2, -0.15) is 0 Å². The number of nitrogens with zero attached hydrogens (tertiary/aromatic N) is 2. The lowest BCUT2D eigenvalue weighted by Crippen LogP contribution is -2.46. The number of anilines is 1. The lowest BCUT2D eigenvalue weighted by atomic mass is 10.1. The average molecular weight is 345 g/mol. The number of nitrogens with one attached hydrogen (secondary N) is 1. The van der Waals surface area contributed by atoms with E-state index in [-0.39, 0.29) is 36.2 Å². The van der Waals surface area contributed by atoms with Crippen molar-refractivity contribution in [3.63, 3.8) is 0 Å². The van der Waals surface area contributed by atoms with Gasteiger partial charge in [-0.15, -0.1) is 0 Å². The monoisotopic (exact) mass is 345 g/mol. The van der Waals surface area contributed by atoms with Crippen LogP contribution in [0.1, 0.15) is 39.2 Å². The van der Waals surface area contributed by atoms with Crippen molar-refractivity contribution < 1.29 is 14.4 Å². The van der Waals surface area contributed by atoms with Crippen LogP contribution in [0.5, 0.6) is 0 Å². The van der Waals surface area contributed by atoms with Gasteiger partial charge in [0.2, 0.25) is 17.7 Å². The molecule has 0 radical (unpaired) electrons. The van der Waals surface area contributed by atoms with Gasteiger partial charge in [-0.1, -0.05) is 12.1 Å². The van der Waals surface area contributed by atoms with Crippen molar-refractivity contribution in [3.8, 4) is 0 Å². The zero-order chi connectivity index (χ0) is 18.6. The summed E-state index contributed by atoms with van der Waals surface area (Å²) in [6.45, 7) is 6.50. The Morgan fingerprint density at radius 2 is 1.84 bits per heavy atom. The fraction of sp³-hybridized carbons (Fsp3) is 0.526. The molecule has 1 aliphatic rings. The molecule has 0 spiro atoms. The van der Waals surface area contributed by atoms with Crippen LogP contribution in [0, 0.1) is 0 Å². The molecule has 1 aromatic rings. The SMILES string of the molecule is CN(CC(=O)NC(C)(C)C)C(=O)Cc1ccc(N2CCCC2=O)cc1. The second-order valence-corrected chi connectivity index (χ2v) is 7.54. The fourth-order valence-corrected chi connectivity index (χ4v) is 2.79. The Balaban J connectivity index is 1.89. The molecular weight excluding hydrogens is 318 g/mol. The Morgan fingerprint density at radius 3 is 2.36 bits per heavy atom. The van der Waals surface area contributed by atoms with Crippen LogP contribution in [0.15, 0.2) is 24.3 Å². The van der Waals surface area contributed by atoms with E-state index >= 15 is 0 Å². The van der Waals surface area contributed by atoms with Crippen LogP contribution in [0.3, 0.4) is 0 Å². The molecule has 2 rings (SSSR count). The first-order chi connectivity index (χ1) is 11.7. The largest absolute Gasteiger partial charge is 0.350 e. The molecule has 1 heterocycles. The number of benzene rings is 1. The number of hydrogen-bond donors (Lipinski definition) is 1. The van der Waals surface area contributed by atoms with Gasteiger partial charge in [-0.3, -0.25) is 14.4 Å². The molecular formula is C19H27N3O3. The number of hydrogen-bond acceptors (Lipinski definition) is 3. The Hall–Kier alpha value is -2.37. The molecule has 0 bridgehead atoms. The van der Waals surface area contributed by atoms with Crippen molar-refractivity contribution in [2.75, 3.05) is 25.0 Å². The highest BCUT2D eigenvalue weighted by Crippen LogP contribution is 2.21. The number of carbonyl (C=O) groups excluding carboxylic acids is 3. The van der Waals surface area contributed by atoms with Crippen molar-refractivity contribution in [1.82, 2.24) is 10.2 Å². The smallest absolute Gasteiger partial charge is 0.240 e. The molecule has 6 nitrogen and oxygen atoms in total. The molecule has 0 aliphatic carbocycles. The zero-order valence-corrected chi connectivity index (χ0v) is 15.5. The molecule has 1 aromatic carbocycles. The van der Waals surface area contributed by atoms with Crippen LogP contribution in [-0.2, 0) is 20.8 Å². The van der Waals surface area contributed by atoms with E-state index in [0.29, 0.717) is 6.42 Å². The van der Waals surface area contributed by atoms with E-state index in [4.69, 9.17) is 0 Å². The predicted octanol–water partition coefficient (Wildman–Crippen LogP) is 1.73. The van der Waals surface area contributed by atoms with Gasteiger partial charge < -0.3 is 15.1 Å². The van der Waals surface area contributed by atoms with Gasteiger partial charge in [0.15, 0.2) is 0 Å². The Labute approximate surface area is 149 Å². The second kappa shape index (κ2) is 7.68. The van der Waals surface area contributed by atoms with Crippen molar-refractivity contribution in [2.45, 2.75) is 45.6 Å². The third-order valence-corrected chi connectivity index (χ3v) is 4.00. The standard InChI is InChI=1S/C19H27N3O3/c1-19(2,3)20-16(23)13-21(4)18(25)12-14-7-9-15(10-8-14)22-11-5-6-17(22)24/h7-10H,5-6,11-13H2,1-4H3,(H,20,23). The molecule has 6 heteroatoms. The van der Waals surface area contributed by atoms with Crippen molar-refractivity contribution >= 4 is 23.4 Å². The van der Waals surface area contributed by atoms with Crippen LogP contribution in [-0.4, -0.2) is 48.3 Å². The van der Waals surface area contributed by atoms with Crippen molar-refractivity contribution in [3.05, 3.63) is 29.8 Å². The summed E-state index contributed by atoms with van der Waals surface area (Å²) in [5.41, 5.74) is 1.42. The fourth-order valence-electron chi connectivity index (χ4n) is 2.79. The summed E-state index contributed by atoms with van der Waals surface area (Å²) in [4.78, 5) is 39.2. The lowest BCUT2D eigenvalue weighted by molar-refractivity contribution is -0.134. The molecule has 1 fully saturated rings. The molecule has 0 unspecified atom stereocenters. The quantitative estimate of drug-likeness (QED) is 0.883. The van der Waals surface area contributed by atoms with E-state index in [2.05, 4.69) is 5.32 Å². The maximum Gasteiger partial charge on any atom is 0.240 e. The van der Waals surface area contributed by atoms with Crippen LogP contribution >= 0.6 is 0 Å². The van der Waals surface area contributed by atoms with Gasteiger partial charge in [-0.25, -0.2) is 0 Å². The third kappa shape index (κ3) is 5.59. The van der Waals surface area contributed by atoms with Gasteiger partial charge in [0.25, 0.3) is 0 Å². The highest BCUT2D eigenvalue weighted by atomic mass is 16.2. The van der Waals surface area contributed by atoms with Gasteiger partial charge >= 0.3 is 0 Å². The molecule has 1 N–H and O–H groups in total. The number of carbonyl (C=O) groups is 3. The average Bonchev–Trinajstić information content (AvgIpc) is 2.92. The minimum absolute atomic E-state index is 0.0382.